The van der Waals surface area contributed by atoms with Crippen LogP contribution in [0.15, 0.2) is 12.3 Å². The van der Waals surface area contributed by atoms with Crippen molar-refractivity contribution in [3.63, 3.8) is 0 Å². The summed E-state index contributed by atoms with van der Waals surface area (Å²) < 4.78 is 12.8. The Morgan fingerprint density at radius 2 is 2.40 bits per heavy atom. The van der Waals surface area contributed by atoms with Crippen LogP contribution in [0.4, 0.5) is 4.39 Å². The van der Waals surface area contributed by atoms with Crippen LogP contribution < -0.4 is 0 Å². The minimum Gasteiger partial charge on any atom is -0.246 e. The third-order valence-corrected chi connectivity index (χ3v) is 2.25. The van der Waals surface area contributed by atoms with Gasteiger partial charge in [-0.3, -0.25) is 0 Å². The summed E-state index contributed by atoms with van der Waals surface area (Å²) in [4.78, 5) is 3.73. The van der Waals surface area contributed by atoms with Crippen molar-refractivity contribution >= 4 is 34.2 Å². The standard InChI is InChI=1S/C6H4ClFIN/c7-6-1-5(9)4(2-8)3-10-6/h1,3H,2H2. The van der Waals surface area contributed by atoms with Crippen molar-refractivity contribution in [1.29, 1.82) is 0 Å². The monoisotopic (exact) mass is 271 g/mol. The molecule has 0 aliphatic rings. The second kappa shape index (κ2) is 3.48. The summed E-state index contributed by atoms with van der Waals surface area (Å²) in [6.45, 7) is -0.484. The highest BCUT2D eigenvalue weighted by atomic mass is 127. The number of nitrogens with zero attached hydrogens (tertiary/aromatic N) is 1. The lowest BCUT2D eigenvalue weighted by molar-refractivity contribution is 0.482. The van der Waals surface area contributed by atoms with E-state index in [1.54, 1.807) is 6.07 Å². The molecule has 0 atom stereocenters. The Bertz CT molecular complexity index is 241. The minimum atomic E-state index is -0.484. The maximum Gasteiger partial charge on any atom is 0.130 e. The molecule has 1 aromatic heterocycles. The number of alkyl halides is 1. The lowest BCUT2D eigenvalue weighted by Gasteiger charge is -1.96. The summed E-state index contributed by atoms with van der Waals surface area (Å²) in [6, 6.07) is 1.64. The van der Waals surface area contributed by atoms with Crippen LogP contribution in [-0.2, 0) is 6.67 Å². The fraction of sp³-hybridized carbons (Fsp3) is 0.167. The van der Waals surface area contributed by atoms with E-state index in [-0.39, 0.29) is 0 Å². The molecule has 1 rings (SSSR count). The first-order valence-electron chi connectivity index (χ1n) is 2.60. The number of pyridine rings is 1. The average molecular weight is 271 g/mol. The van der Waals surface area contributed by atoms with Crippen molar-refractivity contribution in [3.8, 4) is 0 Å². The number of hydrogen-bond donors (Lipinski definition) is 0. The molecule has 0 unspecified atom stereocenters. The van der Waals surface area contributed by atoms with E-state index < -0.39 is 6.67 Å². The SMILES string of the molecule is FCc1cnc(Cl)cc1I. The van der Waals surface area contributed by atoms with Gasteiger partial charge in [0.15, 0.2) is 0 Å². The largest absolute Gasteiger partial charge is 0.246 e. The molecule has 10 heavy (non-hydrogen) atoms. The van der Waals surface area contributed by atoms with E-state index in [9.17, 15) is 4.39 Å². The third-order valence-electron chi connectivity index (χ3n) is 1.04. The Kier molecular flexibility index (Phi) is 2.85. The van der Waals surface area contributed by atoms with E-state index >= 15 is 0 Å². The molecule has 0 aliphatic carbocycles. The van der Waals surface area contributed by atoms with Crippen molar-refractivity contribution in [3.05, 3.63) is 26.5 Å². The van der Waals surface area contributed by atoms with Crippen LogP contribution >= 0.6 is 34.2 Å². The predicted molar refractivity (Wildman–Crippen MR) is 46.8 cm³/mol. The van der Waals surface area contributed by atoms with E-state index in [2.05, 4.69) is 4.98 Å². The fourth-order valence-corrected chi connectivity index (χ4v) is 1.45. The van der Waals surface area contributed by atoms with Gasteiger partial charge in [0, 0.05) is 15.3 Å². The van der Waals surface area contributed by atoms with Gasteiger partial charge >= 0.3 is 0 Å². The molecule has 4 heteroatoms. The van der Waals surface area contributed by atoms with Gasteiger partial charge in [-0.15, -0.1) is 0 Å². The minimum absolute atomic E-state index is 0.404. The van der Waals surface area contributed by atoms with Gasteiger partial charge in [-0.2, -0.15) is 0 Å². The van der Waals surface area contributed by atoms with Crippen LogP contribution in [0.3, 0.4) is 0 Å². The number of halogens is 3. The highest BCUT2D eigenvalue weighted by molar-refractivity contribution is 14.1. The Morgan fingerprint density at radius 3 is 2.90 bits per heavy atom. The highest BCUT2D eigenvalue weighted by Crippen LogP contribution is 2.15. The maximum absolute atomic E-state index is 12.0. The molecular weight excluding hydrogens is 267 g/mol. The predicted octanol–water partition coefficient (Wildman–Crippen LogP) is 2.81. The van der Waals surface area contributed by atoms with E-state index in [4.69, 9.17) is 11.6 Å². The summed E-state index contributed by atoms with van der Waals surface area (Å²) >= 11 is 7.56. The molecule has 0 spiro atoms. The number of aromatic nitrogens is 1. The molecule has 0 aliphatic heterocycles. The highest BCUT2D eigenvalue weighted by Gasteiger charge is 1.99. The first-order chi connectivity index (χ1) is 4.74. The molecule has 0 radical (unpaired) electrons. The molecule has 1 heterocycles. The number of rotatable bonds is 1. The second-order valence-electron chi connectivity index (χ2n) is 1.73. The molecule has 0 fully saturated rings. The topological polar surface area (TPSA) is 12.9 Å². The van der Waals surface area contributed by atoms with E-state index in [0.29, 0.717) is 10.7 Å². The lowest BCUT2D eigenvalue weighted by atomic mass is 10.3. The van der Waals surface area contributed by atoms with Gasteiger partial charge in [0.1, 0.15) is 11.8 Å². The zero-order chi connectivity index (χ0) is 7.56. The first-order valence-corrected chi connectivity index (χ1v) is 4.05. The van der Waals surface area contributed by atoms with Crippen LogP contribution in [0.5, 0.6) is 0 Å². The average Bonchev–Trinajstić information content (AvgIpc) is 1.88. The number of hydrogen-bond acceptors (Lipinski definition) is 1. The Hall–Kier alpha value is 0.100. The first kappa shape index (κ1) is 8.20. The molecule has 0 bridgehead atoms. The summed E-state index contributed by atoms with van der Waals surface area (Å²) in [6.07, 6.45) is 1.45. The quantitative estimate of drug-likeness (QED) is 0.565. The Morgan fingerprint density at radius 1 is 1.70 bits per heavy atom. The molecular formula is C6H4ClFIN. The Balaban J connectivity index is 3.07. The van der Waals surface area contributed by atoms with Crippen molar-refractivity contribution in [2.45, 2.75) is 6.67 Å². The third kappa shape index (κ3) is 1.79. The lowest BCUT2D eigenvalue weighted by Crippen LogP contribution is -1.86. The Labute approximate surface area is 76.7 Å². The van der Waals surface area contributed by atoms with Gasteiger partial charge in [0.05, 0.1) is 0 Å². The zero-order valence-corrected chi connectivity index (χ0v) is 7.86. The van der Waals surface area contributed by atoms with Crippen molar-refractivity contribution < 1.29 is 4.39 Å². The van der Waals surface area contributed by atoms with Gasteiger partial charge in [0.25, 0.3) is 0 Å². The van der Waals surface area contributed by atoms with Gasteiger partial charge < -0.3 is 0 Å². The maximum atomic E-state index is 12.0. The molecule has 0 amide bonds. The second-order valence-corrected chi connectivity index (χ2v) is 3.28. The summed E-state index contributed by atoms with van der Waals surface area (Å²) in [5.41, 5.74) is 0.588. The van der Waals surface area contributed by atoms with Crippen molar-refractivity contribution in [2.24, 2.45) is 0 Å². The molecule has 0 saturated heterocycles. The fourth-order valence-electron chi connectivity index (χ4n) is 0.534. The molecule has 0 N–H and O–H groups in total. The zero-order valence-electron chi connectivity index (χ0n) is 4.94. The van der Waals surface area contributed by atoms with Crippen LogP contribution in [-0.4, -0.2) is 4.98 Å². The summed E-state index contributed by atoms with van der Waals surface area (Å²) in [5, 5.41) is 0.404. The van der Waals surface area contributed by atoms with Crippen LogP contribution in [0.2, 0.25) is 5.15 Å². The normalized spacial score (nSPS) is 9.90. The molecule has 0 saturated carbocycles. The molecule has 1 aromatic rings. The molecule has 0 aromatic carbocycles. The smallest absolute Gasteiger partial charge is 0.130 e. The summed E-state index contributed by atoms with van der Waals surface area (Å²) in [7, 11) is 0. The van der Waals surface area contributed by atoms with E-state index in [1.165, 1.54) is 6.20 Å². The van der Waals surface area contributed by atoms with Crippen molar-refractivity contribution in [1.82, 2.24) is 4.98 Å². The van der Waals surface area contributed by atoms with Crippen LogP contribution in [0, 0.1) is 3.57 Å². The van der Waals surface area contributed by atoms with Gasteiger partial charge in [-0.1, -0.05) is 11.6 Å². The van der Waals surface area contributed by atoms with E-state index in [1.807, 2.05) is 22.6 Å². The molecule has 54 valence electrons. The van der Waals surface area contributed by atoms with Gasteiger partial charge in [0.2, 0.25) is 0 Å². The van der Waals surface area contributed by atoms with Crippen LogP contribution in [0.1, 0.15) is 5.56 Å². The van der Waals surface area contributed by atoms with Crippen LogP contribution in [0.25, 0.3) is 0 Å². The van der Waals surface area contributed by atoms with Gasteiger partial charge in [-0.05, 0) is 28.7 Å². The van der Waals surface area contributed by atoms with E-state index in [0.717, 1.165) is 3.57 Å². The van der Waals surface area contributed by atoms with Gasteiger partial charge in [-0.25, -0.2) is 9.37 Å². The molecule has 1 nitrogen and oxygen atoms in total. The summed E-state index contributed by atoms with van der Waals surface area (Å²) in [5.74, 6) is 0. The van der Waals surface area contributed by atoms with Crippen molar-refractivity contribution in [2.75, 3.05) is 0 Å².